The van der Waals surface area contributed by atoms with Gasteiger partial charge in [0.05, 0.1) is 22.3 Å². The van der Waals surface area contributed by atoms with E-state index in [-0.39, 0.29) is 17.4 Å². The standard InChI is InChI=1S/C12H13NO6S/c1-7(4-12(14)15)20-11-6-10-9(18-2-3-19-10)5-8(11)13(16)17/h5-7H,2-4H2,1H3,(H,14,15). The highest BCUT2D eigenvalue weighted by atomic mass is 32.2. The minimum absolute atomic E-state index is 0.0732. The van der Waals surface area contributed by atoms with E-state index in [0.717, 1.165) is 11.8 Å². The van der Waals surface area contributed by atoms with E-state index in [4.69, 9.17) is 14.6 Å². The van der Waals surface area contributed by atoms with Gasteiger partial charge in [0.25, 0.3) is 5.69 Å². The number of nitrogens with zero attached hydrogens (tertiary/aromatic N) is 1. The molecule has 1 unspecified atom stereocenters. The summed E-state index contributed by atoms with van der Waals surface area (Å²) < 4.78 is 10.7. The lowest BCUT2D eigenvalue weighted by Crippen LogP contribution is -2.15. The van der Waals surface area contributed by atoms with E-state index in [1.54, 1.807) is 6.92 Å². The van der Waals surface area contributed by atoms with Crippen LogP contribution in [0, 0.1) is 10.1 Å². The molecule has 2 rings (SSSR count). The lowest BCUT2D eigenvalue weighted by atomic mass is 10.2. The summed E-state index contributed by atoms with van der Waals surface area (Å²) in [5.74, 6) is -0.143. The summed E-state index contributed by atoms with van der Waals surface area (Å²) >= 11 is 1.14. The minimum Gasteiger partial charge on any atom is -0.486 e. The van der Waals surface area contributed by atoms with Crippen molar-refractivity contribution in [1.29, 1.82) is 0 Å². The average molecular weight is 299 g/mol. The second-order valence-corrected chi connectivity index (χ2v) is 5.73. The number of nitro benzene ring substituents is 1. The summed E-state index contributed by atoms with van der Waals surface area (Å²) in [6.07, 6.45) is -0.0732. The summed E-state index contributed by atoms with van der Waals surface area (Å²) in [6.45, 7) is 2.45. The van der Waals surface area contributed by atoms with Gasteiger partial charge in [0, 0.05) is 11.3 Å². The Morgan fingerprint density at radius 3 is 2.60 bits per heavy atom. The summed E-state index contributed by atoms with van der Waals surface area (Å²) in [4.78, 5) is 21.6. The van der Waals surface area contributed by atoms with Gasteiger partial charge >= 0.3 is 5.97 Å². The number of nitro groups is 1. The number of hydrogen-bond donors (Lipinski definition) is 1. The lowest BCUT2D eigenvalue weighted by molar-refractivity contribution is -0.387. The van der Waals surface area contributed by atoms with Crippen LogP contribution in [0.25, 0.3) is 0 Å². The molecule has 1 aromatic rings. The van der Waals surface area contributed by atoms with E-state index < -0.39 is 10.9 Å². The molecular weight excluding hydrogens is 286 g/mol. The van der Waals surface area contributed by atoms with E-state index in [2.05, 4.69) is 0 Å². The molecule has 0 amide bonds. The van der Waals surface area contributed by atoms with Crippen molar-refractivity contribution < 1.29 is 24.3 Å². The van der Waals surface area contributed by atoms with Crippen LogP contribution in [0.3, 0.4) is 0 Å². The van der Waals surface area contributed by atoms with Gasteiger partial charge in [-0.15, -0.1) is 11.8 Å². The number of carbonyl (C=O) groups is 1. The zero-order valence-electron chi connectivity index (χ0n) is 10.7. The first kappa shape index (κ1) is 14.4. The SMILES string of the molecule is CC(CC(=O)O)Sc1cc2c(cc1[N+](=O)[O-])OCCO2. The number of rotatable bonds is 5. The Morgan fingerprint density at radius 1 is 1.45 bits per heavy atom. The first-order chi connectivity index (χ1) is 9.47. The minimum atomic E-state index is -0.940. The Balaban J connectivity index is 2.30. The molecule has 1 atom stereocenters. The van der Waals surface area contributed by atoms with Crippen LogP contribution >= 0.6 is 11.8 Å². The van der Waals surface area contributed by atoms with Crippen LogP contribution in [0.5, 0.6) is 11.5 Å². The molecule has 20 heavy (non-hydrogen) atoms. The number of carboxylic acids is 1. The smallest absolute Gasteiger partial charge is 0.304 e. The predicted molar refractivity (Wildman–Crippen MR) is 71.7 cm³/mol. The zero-order chi connectivity index (χ0) is 14.7. The molecule has 1 N–H and O–H groups in total. The first-order valence-corrected chi connectivity index (χ1v) is 6.82. The molecule has 0 bridgehead atoms. The normalized spacial score (nSPS) is 14.7. The summed E-state index contributed by atoms with van der Waals surface area (Å²) in [5.41, 5.74) is -0.100. The molecule has 0 radical (unpaired) electrons. The number of carboxylic acid groups (broad SMARTS) is 1. The Bertz CT molecular complexity index is 547. The molecule has 0 saturated heterocycles. The maximum absolute atomic E-state index is 11.1. The van der Waals surface area contributed by atoms with E-state index in [9.17, 15) is 14.9 Å². The molecule has 108 valence electrons. The molecule has 7 nitrogen and oxygen atoms in total. The van der Waals surface area contributed by atoms with E-state index >= 15 is 0 Å². The van der Waals surface area contributed by atoms with Crippen molar-refractivity contribution in [2.45, 2.75) is 23.5 Å². The van der Waals surface area contributed by atoms with Gasteiger partial charge in [-0.05, 0) is 0 Å². The van der Waals surface area contributed by atoms with Gasteiger partial charge < -0.3 is 14.6 Å². The summed E-state index contributed by atoms with van der Waals surface area (Å²) in [6, 6.07) is 2.86. The molecule has 1 heterocycles. The molecule has 1 aliphatic heterocycles. The maximum Gasteiger partial charge on any atom is 0.304 e. The van der Waals surface area contributed by atoms with Crippen molar-refractivity contribution in [3.05, 3.63) is 22.2 Å². The second-order valence-electron chi connectivity index (χ2n) is 4.25. The largest absolute Gasteiger partial charge is 0.486 e. The van der Waals surface area contributed by atoms with Gasteiger partial charge in [-0.25, -0.2) is 0 Å². The highest BCUT2D eigenvalue weighted by Crippen LogP contribution is 2.42. The summed E-state index contributed by atoms with van der Waals surface area (Å²) in [5, 5.41) is 19.5. The monoisotopic (exact) mass is 299 g/mol. The van der Waals surface area contributed by atoms with Gasteiger partial charge in [0.15, 0.2) is 11.5 Å². The predicted octanol–water partition coefficient (Wildman–Crippen LogP) is 2.32. The van der Waals surface area contributed by atoms with Gasteiger partial charge in [-0.2, -0.15) is 0 Å². The molecule has 0 saturated carbocycles. The highest BCUT2D eigenvalue weighted by Gasteiger charge is 2.24. The van der Waals surface area contributed by atoms with Crippen LogP contribution in [-0.4, -0.2) is 34.5 Å². The molecule has 1 aliphatic rings. The Hall–Kier alpha value is -1.96. The van der Waals surface area contributed by atoms with Crippen LogP contribution in [-0.2, 0) is 4.79 Å². The number of hydrogen-bond acceptors (Lipinski definition) is 6. The number of thioether (sulfide) groups is 1. The molecule has 8 heteroatoms. The van der Waals surface area contributed by atoms with E-state index in [1.165, 1.54) is 12.1 Å². The fraction of sp³-hybridized carbons (Fsp3) is 0.417. The third kappa shape index (κ3) is 3.32. The fourth-order valence-electron chi connectivity index (χ4n) is 1.80. The molecule has 1 aromatic carbocycles. The lowest BCUT2D eigenvalue weighted by Gasteiger charge is -2.19. The average Bonchev–Trinajstić information content (AvgIpc) is 2.36. The van der Waals surface area contributed by atoms with Crippen LogP contribution in [0.4, 0.5) is 5.69 Å². The summed E-state index contributed by atoms with van der Waals surface area (Å²) in [7, 11) is 0. The van der Waals surface area contributed by atoms with Crippen molar-refractivity contribution in [3.63, 3.8) is 0 Å². The third-order valence-electron chi connectivity index (χ3n) is 2.61. The topological polar surface area (TPSA) is 98.9 Å². The van der Waals surface area contributed by atoms with Crippen molar-refractivity contribution in [2.75, 3.05) is 13.2 Å². The van der Waals surface area contributed by atoms with Crippen molar-refractivity contribution >= 4 is 23.4 Å². The van der Waals surface area contributed by atoms with E-state index in [1.807, 2.05) is 0 Å². The quantitative estimate of drug-likeness (QED) is 0.506. The molecule has 0 aromatic heterocycles. The molecular formula is C12H13NO6S. The maximum atomic E-state index is 11.1. The fourth-order valence-corrected chi connectivity index (χ4v) is 2.89. The van der Waals surface area contributed by atoms with Crippen LogP contribution in [0.2, 0.25) is 0 Å². The Kier molecular flexibility index (Phi) is 4.33. The van der Waals surface area contributed by atoms with Crippen molar-refractivity contribution in [3.8, 4) is 11.5 Å². The van der Waals surface area contributed by atoms with Crippen molar-refractivity contribution in [1.82, 2.24) is 0 Å². The Morgan fingerprint density at radius 2 is 2.05 bits per heavy atom. The van der Waals surface area contributed by atoms with Gasteiger partial charge in [0.1, 0.15) is 13.2 Å². The van der Waals surface area contributed by atoms with Gasteiger partial charge in [-0.3, -0.25) is 14.9 Å². The van der Waals surface area contributed by atoms with Crippen molar-refractivity contribution in [2.24, 2.45) is 0 Å². The van der Waals surface area contributed by atoms with Gasteiger partial charge in [0.2, 0.25) is 0 Å². The number of aliphatic carboxylic acids is 1. The number of ether oxygens (including phenoxy) is 2. The first-order valence-electron chi connectivity index (χ1n) is 5.94. The van der Waals surface area contributed by atoms with Crippen LogP contribution in [0.1, 0.15) is 13.3 Å². The molecule has 0 spiro atoms. The number of fused-ring (bicyclic) bond motifs is 1. The third-order valence-corrected chi connectivity index (χ3v) is 3.76. The van der Waals surface area contributed by atoms with Crippen LogP contribution < -0.4 is 9.47 Å². The molecule has 0 fully saturated rings. The second kappa shape index (κ2) is 6.00. The Labute approximate surface area is 119 Å². The number of benzene rings is 1. The highest BCUT2D eigenvalue weighted by molar-refractivity contribution is 8.00. The van der Waals surface area contributed by atoms with E-state index in [0.29, 0.717) is 29.6 Å². The molecule has 0 aliphatic carbocycles. The van der Waals surface area contributed by atoms with Crippen LogP contribution in [0.15, 0.2) is 17.0 Å². The van der Waals surface area contributed by atoms with Gasteiger partial charge in [-0.1, -0.05) is 6.92 Å². The zero-order valence-corrected chi connectivity index (χ0v) is 11.5.